The fourth-order valence-corrected chi connectivity index (χ4v) is 5.33. The van der Waals surface area contributed by atoms with Gasteiger partial charge in [-0.25, -0.2) is 0 Å². The fourth-order valence-electron chi connectivity index (χ4n) is 3.80. The van der Waals surface area contributed by atoms with Gasteiger partial charge < -0.3 is 9.64 Å². The molecule has 34 heavy (non-hydrogen) atoms. The number of nitrogens with zero attached hydrogens (tertiary/aromatic N) is 3. The molecule has 3 amide bonds. The van der Waals surface area contributed by atoms with Gasteiger partial charge in [-0.3, -0.25) is 19.3 Å². The Bertz CT molecular complexity index is 1200. The van der Waals surface area contributed by atoms with Crippen molar-refractivity contribution in [2.24, 2.45) is 0 Å². The van der Waals surface area contributed by atoms with Crippen LogP contribution in [0.4, 0.5) is 4.79 Å². The van der Waals surface area contributed by atoms with Crippen LogP contribution in [0.15, 0.2) is 47.4 Å². The van der Waals surface area contributed by atoms with Crippen LogP contribution >= 0.6 is 34.4 Å². The predicted octanol–water partition coefficient (Wildman–Crippen LogP) is 4.79. The third-order valence-electron chi connectivity index (χ3n) is 5.65. The second-order valence-corrected chi connectivity index (χ2v) is 10.1. The van der Waals surface area contributed by atoms with Gasteiger partial charge in [0, 0.05) is 18.7 Å². The van der Waals surface area contributed by atoms with Gasteiger partial charge in [0.1, 0.15) is 18.9 Å². The van der Waals surface area contributed by atoms with Crippen LogP contribution in [0.1, 0.15) is 36.0 Å². The summed E-state index contributed by atoms with van der Waals surface area (Å²) in [4.78, 5) is 40.8. The molecule has 2 fully saturated rings. The Morgan fingerprint density at radius 1 is 1.15 bits per heavy atom. The Labute approximate surface area is 215 Å². The number of ether oxygens (including phenoxy) is 1. The van der Waals surface area contributed by atoms with Crippen LogP contribution in [0, 0.1) is 14.9 Å². The lowest BCUT2D eigenvalue weighted by Gasteiger charge is -2.27. The molecular formula is C25H22IN3O4S. The molecule has 7 nitrogen and oxygen atoms in total. The minimum Gasteiger partial charge on any atom is -0.488 e. The molecule has 9 heteroatoms. The molecule has 2 aliphatic rings. The first-order valence-electron chi connectivity index (χ1n) is 10.9. The summed E-state index contributed by atoms with van der Waals surface area (Å²) in [5.41, 5.74) is 2.13. The number of nitriles is 1. The molecule has 0 atom stereocenters. The molecule has 0 spiro atoms. The topological polar surface area (TPSA) is 90.7 Å². The summed E-state index contributed by atoms with van der Waals surface area (Å²) in [5, 5.41) is 8.80. The number of hydrogen-bond acceptors (Lipinski definition) is 6. The van der Waals surface area contributed by atoms with E-state index in [4.69, 9.17) is 4.74 Å². The number of piperidine rings is 1. The molecule has 0 unspecified atom stereocenters. The molecule has 174 valence electrons. The molecule has 2 aromatic rings. The zero-order valence-electron chi connectivity index (χ0n) is 18.3. The first-order chi connectivity index (χ1) is 16.5. The number of rotatable bonds is 6. The van der Waals surface area contributed by atoms with Crippen LogP contribution < -0.4 is 4.74 Å². The second-order valence-electron chi connectivity index (χ2n) is 7.96. The third kappa shape index (κ3) is 5.62. The fraction of sp³-hybridized carbons (Fsp3) is 0.280. The van der Waals surface area contributed by atoms with Crippen molar-refractivity contribution in [2.45, 2.75) is 25.9 Å². The highest BCUT2D eigenvalue weighted by Crippen LogP contribution is 2.33. The third-order valence-corrected chi connectivity index (χ3v) is 7.40. The number of thioether (sulfide) groups is 1. The number of carbonyl (C=O) groups is 3. The Kier molecular flexibility index (Phi) is 7.90. The average molecular weight is 587 g/mol. The number of imide groups is 1. The Balaban J connectivity index is 1.42. The standard InChI is InChI=1S/C25H22IN3O4S/c26-20-12-17(8-9-21(20)33-16-19-7-3-2-6-18(19)14-27)13-22-24(31)29(25(32)34-22)15-23(30)28-10-4-1-5-11-28/h2-3,6-9,12-13H,1,4-5,10-11,15-16H2/b22-13-. The van der Waals surface area contributed by atoms with Crippen molar-refractivity contribution in [3.63, 3.8) is 0 Å². The Morgan fingerprint density at radius 2 is 1.91 bits per heavy atom. The zero-order chi connectivity index (χ0) is 24.1. The quantitative estimate of drug-likeness (QED) is 0.357. The molecule has 2 heterocycles. The number of halogens is 1. The monoisotopic (exact) mass is 587 g/mol. The Morgan fingerprint density at radius 3 is 2.65 bits per heavy atom. The van der Waals surface area contributed by atoms with Gasteiger partial charge in [0.15, 0.2) is 0 Å². The molecular weight excluding hydrogens is 565 g/mol. The van der Waals surface area contributed by atoms with Gasteiger partial charge in [0.05, 0.1) is 20.1 Å². The van der Waals surface area contributed by atoms with Crippen molar-refractivity contribution in [2.75, 3.05) is 19.6 Å². The SMILES string of the molecule is N#Cc1ccccc1COc1ccc(/C=C2\SC(=O)N(CC(=O)N3CCCCC3)C2=O)cc1I. The average Bonchev–Trinajstić information content (AvgIpc) is 3.11. The van der Waals surface area contributed by atoms with E-state index in [9.17, 15) is 19.6 Å². The Hall–Kier alpha value is -2.84. The van der Waals surface area contributed by atoms with Crippen LogP contribution in [0.2, 0.25) is 0 Å². The highest BCUT2D eigenvalue weighted by atomic mass is 127. The molecule has 2 aliphatic heterocycles. The molecule has 0 aliphatic carbocycles. The summed E-state index contributed by atoms with van der Waals surface area (Å²) in [6.45, 7) is 1.42. The van der Waals surface area contributed by atoms with E-state index < -0.39 is 11.1 Å². The van der Waals surface area contributed by atoms with E-state index >= 15 is 0 Å². The van der Waals surface area contributed by atoms with E-state index in [2.05, 4.69) is 28.7 Å². The summed E-state index contributed by atoms with van der Waals surface area (Å²) in [6.07, 6.45) is 4.67. The number of carbonyl (C=O) groups excluding carboxylic acids is 3. The molecule has 0 aromatic heterocycles. The molecule has 2 aromatic carbocycles. The van der Waals surface area contributed by atoms with Crippen molar-refractivity contribution in [1.82, 2.24) is 9.80 Å². The summed E-state index contributed by atoms with van der Waals surface area (Å²) < 4.78 is 6.72. The van der Waals surface area contributed by atoms with E-state index in [-0.39, 0.29) is 19.1 Å². The second kappa shape index (κ2) is 11.1. The van der Waals surface area contributed by atoms with Gasteiger partial charge in [0.25, 0.3) is 11.1 Å². The first kappa shape index (κ1) is 24.3. The largest absolute Gasteiger partial charge is 0.488 e. The van der Waals surface area contributed by atoms with Gasteiger partial charge in [-0.05, 0) is 83.5 Å². The molecule has 4 rings (SSSR count). The highest BCUT2D eigenvalue weighted by molar-refractivity contribution is 14.1. The van der Waals surface area contributed by atoms with Crippen LogP contribution in [0.3, 0.4) is 0 Å². The van der Waals surface area contributed by atoms with Gasteiger partial charge in [-0.2, -0.15) is 5.26 Å². The van der Waals surface area contributed by atoms with Crippen molar-refractivity contribution < 1.29 is 19.1 Å². The lowest BCUT2D eigenvalue weighted by molar-refractivity contribution is -0.136. The predicted molar refractivity (Wildman–Crippen MR) is 138 cm³/mol. The highest BCUT2D eigenvalue weighted by Gasteiger charge is 2.37. The molecule has 0 saturated carbocycles. The number of likely N-dealkylation sites (tertiary alicyclic amines) is 1. The number of amides is 3. The molecule has 2 saturated heterocycles. The van der Waals surface area contributed by atoms with Crippen molar-refractivity contribution in [3.8, 4) is 11.8 Å². The van der Waals surface area contributed by atoms with Crippen LogP contribution in [0.5, 0.6) is 5.75 Å². The van der Waals surface area contributed by atoms with Gasteiger partial charge in [-0.1, -0.05) is 24.3 Å². The van der Waals surface area contributed by atoms with E-state index in [1.165, 1.54) is 0 Å². The van der Waals surface area contributed by atoms with Crippen LogP contribution in [0.25, 0.3) is 6.08 Å². The van der Waals surface area contributed by atoms with Gasteiger partial charge in [-0.15, -0.1) is 0 Å². The van der Waals surface area contributed by atoms with Crippen molar-refractivity contribution in [3.05, 3.63) is 67.6 Å². The first-order valence-corrected chi connectivity index (χ1v) is 12.8. The lowest BCUT2D eigenvalue weighted by atomic mass is 10.1. The maximum atomic E-state index is 12.8. The van der Waals surface area contributed by atoms with Crippen molar-refractivity contribution in [1.29, 1.82) is 5.26 Å². The number of hydrogen-bond donors (Lipinski definition) is 0. The van der Waals surface area contributed by atoms with Gasteiger partial charge >= 0.3 is 0 Å². The summed E-state index contributed by atoms with van der Waals surface area (Å²) in [6, 6.07) is 14.9. The van der Waals surface area contributed by atoms with E-state index in [1.54, 1.807) is 29.2 Å². The normalized spacial score (nSPS) is 17.2. The smallest absolute Gasteiger partial charge is 0.294 e. The summed E-state index contributed by atoms with van der Waals surface area (Å²) in [7, 11) is 0. The number of benzene rings is 2. The van der Waals surface area contributed by atoms with Crippen molar-refractivity contribution >= 4 is 57.5 Å². The maximum absolute atomic E-state index is 12.8. The van der Waals surface area contributed by atoms with Crippen LogP contribution in [-0.4, -0.2) is 46.5 Å². The van der Waals surface area contributed by atoms with E-state index in [1.807, 2.05) is 24.3 Å². The summed E-state index contributed by atoms with van der Waals surface area (Å²) >= 11 is 3.00. The minimum absolute atomic E-state index is 0.183. The summed E-state index contributed by atoms with van der Waals surface area (Å²) in [5.74, 6) is 0.0341. The van der Waals surface area contributed by atoms with E-state index in [0.717, 1.165) is 50.6 Å². The van der Waals surface area contributed by atoms with Crippen LogP contribution in [-0.2, 0) is 16.2 Å². The minimum atomic E-state index is -0.441. The van der Waals surface area contributed by atoms with E-state index in [0.29, 0.717) is 29.3 Å². The lowest BCUT2D eigenvalue weighted by Crippen LogP contribution is -2.44. The maximum Gasteiger partial charge on any atom is 0.294 e. The zero-order valence-corrected chi connectivity index (χ0v) is 21.3. The molecule has 0 bridgehead atoms. The van der Waals surface area contributed by atoms with Gasteiger partial charge in [0.2, 0.25) is 5.91 Å². The molecule has 0 radical (unpaired) electrons. The molecule has 0 N–H and O–H groups in total.